The van der Waals surface area contributed by atoms with Gasteiger partial charge in [0, 0.05) is 12.8 Å². The Bertz CT molecular complexity index is 689. The predicted molar refractivity (Wildman–Crippen MR) is 84.7 cm³/mol. The molecule has 0 aliphatic carbocycles. The van der Waals surface area contributed by atoms with Gasteiger partial charge < -0.3 is 5.32 Å². The van der Waals surface area contributed by atoms with Gasteiger partial charge in [-0.1, -0.05) is 26.7 Å². The summed E-state index contributed by atoms with van der Waals surface area (Å²) < 4.78 is 40.0. The van der Waals surface area contributed by atoms with Crippen LogP contribution in [0.25, 0.3) is 0 Å². The van der Waals surface area contributed by atoms with Crippen molar-refractivity contribution >= 4 is 27.5 Å². The van der Waals surface area contributed by atoms with Crippen molar-refractivity contribution in [3.05, 3.63) is 24.0 Å². The van der Waals surface area contributed by atoms with Crippen LogP contribution in [0.15, 0.2) is 23.1 Å². The zero-order valence-corrected chi connectivity index (χ0v) is 14.2. The van der Waals surface area contributed by atoms with Gasteiger partial charge in [-0.15, -0.1) is 0 Å². The molecule has 1 aromatic carbocycles. The predicted octanol–water partition coefficient (Wildman–Crippen LogP) is 2.42. The van der Waals surface area contributed by atoms with E-state index < -0.39 is 33.6 Å². The van der Waals surface area contributed by atoms with Gasteiger partial charge in [0.05, 0.1) is 10.6 Å². The lowest BCUT2D eigenvalue weighted by atomic mass is 10.0. The molecular weight excluding hydrogens is 323 g/mol. The average Bonchev–Trinajstić information content (AvgIpc) is 2.45. The van der Waals surface area contributed by atoms with E-state index in [1.54, 1.807) is 6.92 Å². The lowest BCUT2D eigenvalue weighted by Crippen LogP contribution is -2.34. The molecule has 23 heavy (non-hydrogen) atoms. The largest absolute Gasteiger partial charge is 0.324 e. The lowest BCUT2D eigenvalue weighted by Gasteiger charge is -2.13. The highest BCUT2D eigenvalue weighted by Gasteiger charge is 2.22. The van der Waals surface area contributed by atoms with Crippen molar-refractivity contribution in [1.82, 2.24) is 4.72 Å². The van der Waals surface area contributed by atoms with Crippen molar-refractivity contribution in [2.45, 2.75) is 44.9 Å². The Morgan fingerprint density at radius 2 is 1.96 bits per heavy atom. The van der Waals surface area contributed by atoms with Gasteiger partial charge in [-0.25, -0.2) is 17.5 Å². The van der Waals surface area contributed by atoms with Crippen LogP contribution in [0.4, 0.5) is 10.1 Å². The van der Waals surface area contributed by atoms with E-state index >= 15 is 0 Å². The van der Waals surface area contributed by atoms with Crippen molar-refractivity contribution in [2.24, 2.45) is 5.92 Å². The highest BCUT2D eigenvalue weighted by atomic mass is 32.2. The molecule has 0 aliphatic rings. The zero-order valence-electron chi connectivity index (χ0n) is 13.3. The molecule has 6 nitrogen and oxygen atoms in total. The molecule has 0 saturated heterocycles. The number of hydrogen-bond donors (Lipinski definition) is 2. The fraction of sp³-hybridized carbons (Fsp3) is 0.467. The fourth-order valence-corrected chi connectivity index (χ4v) is 2.98. The molecule has 0 saturated carbocycles. The summed E-state index contributed by atoms with van der Waals surface area (Å²) in [6.45, 7) is 4.82. The van der Waals surface area contributed by atoms with Gasteiger partial charge in [0.25, 0.3) is 10.0 Å². The molecule has 2 N–H and O–H groups in total. The monoisotopic (exact) mass is 344 g/mol. The van der Waals surface area contributed by atoms with E-state index in [4.69, 9.17) is 0 Å². The number of sulfonamides is 1. The maximum Gasteiger partial charge on any atom is 0.264 e. The number of carbonyl (C=O) groups excluding carboxylic acids is 2. The topological polar surface area (TPSA) is 92.3 Å². The maximum atomic E-state index is 13.8. The van der Waals surface area contributed by atoms with Crippen molar-refractivity contribution in [2.75, 3.05) is 5.32 Å². The van der Waals surface area contributed by atoms with Crippen LogP contribution in [0.3, 0.4) is 0 Å². The number of benzene rings is 1. The van der Waals surface area contributed by atoms with Crippen molar-refractivity contribution < 1.29 is 22.4 Å². The summed E-state index contributed by atoms with van der Waals surface area (Å²) in [5.41, 5.74) is -0.126. The number of carbonyl (C=O) groups is 2. The molecule has 8 heteroatoms. The minimum absolute atomic E-state index is 0.126. The Balaban J connectivity index is 2.90. The summed E-state index contributed by atoms with van der Waals surface area (Å²) in [7, 11) is -4.15. The number of nitrogens with one attached hydrogen (secondary N) is 2. The van der Waals surface area contributed by atoms with Crippen LogP contribution >= 0.6 is 0 Å². The van der Waals surface area contributed by atoms with Gasteiger partial charge in [-0.2, -0.15) is 0 Å². The summed E-state index contributed by atoms with van der Waals surface area (Å²) in [6, 6.07) is 3.02. The maximum absolute atomic E-state index is 13.8. The van der Waals surface area contributed by atoms with Crippen LogP contribution in [0.1, 0.15) is 40.0 Å². The SMILES string of the molecule is CCCCC(C)C(=O)NS(=O)(=O)c1ccc(NC(C)=O)c(F)c1. The molecule has 1 unspecified atom stereocenters. The van der Waals surface area contributed by atoms with E-state index in [2.05, 4.69) is 5.32 Å². The Labute approximate surface area is 135 Å². The van der Waals surface area contributed by atoms with Crippen LogP contribution in [-0.4, -0.2) is 20.2 Å². The van der Waals surface area contributed by atoms with Gasteiger partial charge in [-0.05, 0) is 24.6 Å². The number of hydrogen-bond acceptors (Lipinski definition) is 4. The second-order valence-corrected chi connectivity index (χ2v) is 7.02. The number of unbranched alkanes of at least 4 members (excludes halogenated alkanes) is 1. The minimum Gasteiger partial charge on any atom is -0.324 e. The normalized spacial score (nSPS) is 12.5. The number of halogens is 1. The second kappa shape index (κ2) is 8.05. The highest BCUT2D eigenvalue weighted by molar-refractivity contribution is 7.90. The Kier molecular flexibility index (Phi) is 6.68. The molecule has 0 heterocycles. The number of anilines is 1. The van der Waals surface area contributed by atoms with E-state index in [1.165, 1.54) is 6.92 Å². The summed E-state index contributed by atoms with van der Waals surface area (Å²) in [5, 5.41) is 2.24. The summed E-state index contributed by atoms with van der Waals surface area (Å²) in [5.74, 6) is -2.44. The fourth-order valence-electron chi connectivity index (χ4n) is 1.89. The van der Waals surface area contributed by atoms with E-state index in [-0.39, 0.29) is 10.6 Å². The molecule has 0 aromatic heterocycles. The van der Waals surface area contributed by atoms with Gasteiger partial charge in [0.2, 0.25) is 11.8 Å². The van der Waals surface area contributed by atoms with Crippen molar-refractivity contribution in [1.29, 1.82) is 0 Å². The zero-order chi connectivity index (χ0) is 17.6. The Morgan fingerprint density at radius 1 is 1.30 bits per heavy atom. The number of amides is 2. The van der Waals surface area contributed by atoms with Gasteiger partial charge >= 0.3 is 0 Å². The first-order chi connectivity index (χ1) is 10.7. The molecule has 0 bridgehead atoms. The lowest BCUT2D eigenvalue weighted by molar-refractivity contribution is -0.122. The third-order valence-electron chi connectivity index (χ3n) is 3.23. The Hall–Kier alpha value is -1.96. The van der Waals surface area contributed by atoms with Crippen LogP contribution in [0, 0.1) is 11.7 Å². The number of rotatable bonds is 7. The highest BCUT2D eigenvalue weighted by Crippen LogP contribution is 2.19. The molecule has 1 aromatic rings. The molecule has 0 radical (unpaired) electrons. The molecule has 0 aliphatic heterocycles. The summed E-state index contributed by atoms with van der Waals surface area (Å²) >= 11 is 0. The Morgan fingerprint density at radius 3 is 2.48 bits per heavy atom. The first-order valence-corrected chi connectivity index (χ1v) is 8.79. The van der Waals surface area contributed by atoms with Gasteiger partial charge in [-0.3, -0.25) is 9.59 Å². The second-order valence-electron chi connectivity index (χ2n) is 5.34. The molecular formula is C15H21FN2O4S. The van der Waals surface area contributed by atoms with E-state index in [0.29, 0.717) is 6.42 Å². The molecule has 0 spiro atoms. The molecule has 1 atom stereocenters. The quantitative estimate of drug-likeness (QED) is 0.794. The van der Waals surface area contributed by atoms with Crippen LogP contribution in [-0.2, 0) is 19.6 Å². The van der Waals surface area contributed by atoms with Crippen LogP contribution in [0.2, 0.25) is 0 Å². The molecule has 0 fully saturated rings. The van der Waals surface area contributed by atoms with Crippen molar-refractivity contribution in [3.63, 3.8) is 0 Å². The standard InChI is InChI=1S/C15H21FN2O4S/c1-4-5-6-10(2)15(20)18-23(21,22)12-7-8-14(13(16)9-12)17-11(3)19/h7-10H,4-6H2,1-3H3,(H,17,19)(H,18,20). The molecule has 1 rings (SSSR count). The molecule has 2 amide bonds. The summed E-state index contributed by atoms with van der Waals surface area (Å²) in [4.78, 5) is 22.4. The first-order valence-electron chi connectivity index (χ1n) is 7.31. The molecule has 128 valence electrons. The smallest absolute Gasteiger partial charge is 0.264 e. The van der Waals surface area contributed by atoms with E-state index in [1.807, 2.05) is 11.6 Å². The first kappa shape index (κ1) is 19.1. The van der Waals surface area contributed by atoms with Gasteiger partial charge in [0.15, 0.2) is 0 Å². The van der Waals surface area contributed by atoms with Crippen molar-refractivity contribution in [3.8, 4) is 0 Å². The minimum atomic E-state index is -4.15. The third kappa shape index (κ3) is 5.63. The average molecular weight is 344 g/mol. The van der Waals surface area contributed by atoms with E-state index in [0.717, 1.165) is 31.0 Å². The third-order valence-corrected chi connectivity index (χ3v) is 4.58. The van der Waals surface area contributed by atoms with Gasteiger partial charge in [0.1, 0.15) is 5.82 Å². The van der Waals surface area contributed by atoms with E-state index in [9.17, 15) is 22.4 Å². The van der Waals surface area contributed by atoms with Crippen LogP contribution < -0.4 is 10.0 Å². The van der Waals surface area contributed by atoms with Crippen LogP contribution in [0.5, 0.6) is 0 Å². The summed E-state index contributed by atoms with van der Waals surface area (Å²) in [6.07, 6.45) is 2.29.